The highest BCUT2D eigenvalue weighted by Crippen LogP contribution is 2.35. The van der Waals surface area contributed by atoms with Gasteiger partial charge in [0.05, 0.1) is 46.2 Å². The van der Waals surface area contributed by atoms with E-state index < -0.39 is 106 Å². The molecule has 1 unspecified atom stereocenters. The number of amides is 2. The number of aliphatic hydroxyl groups excluding tert-OH is 1. The van der Waals surface area contributed by atoms with Crippen LogP contribution >= 0.6 is 69.6 Å². The van der Waals surface area contributed by atoms with Crippen LogP contribution in [0.4, 0.5) is 9.59 Å². The molecule has 3 aromatic carbocycles. The van der Waals surface area contributed by atoms with Crippen LogP contribution in [0.15, 0.2) is 104 Å². The number of esters is 1. The Labute approximate surface area is 436 Å². The Balaban J connectivity index is 1.61. The maximum Gasteiger partial charge on any atom is 0.407 e. The predicted octanol–water partition coefficient (Wildman–Crippen LogP) is 7.67. The molecule has 2 amide bonds. The van der Waals surface area contributed by atoms with E-state index in [4.69, 9.17) is 122 Å². The van der Waals surface area contributed by atoms with Crippen molar-refractivity contribution in [2.45, 2.75) is 109 Å². The lowest BCUT2D eigenvalue weighted by molar-refractivity contribution is -0.341. The summed E-state index contributed by atoms with van der Waals surface area (Å²) >= 11 is 35.6. The molecule has 0 bridgehead atoms. The van der Waals surface area contributed by atoms with Crippen LogP contribution in [0.1, 0.15) is 30.5 Å². The molecule has 2 heterocycles. The summed E-state index contributed by atoms with van der Waals surface area (Å²) in [5.74, 6) is -0.774. The van der Waals surface area contributed by atoms with Gasteiger partial charge in [-0.3, -0.25) is 0 Å². The second kappa shape index (κ2) is 28.9. The zero-order chi connectivity index (χ0) is 50.7. The van der Waals surface area contributed by atoms with E-state index in [0.717, 1.165) is 11.1 Å². The van der Waals surface area contributed by atoms with Crippen LogP contribution in [0, 0.1) is 0 Å². The Morgan fingerprint density at radius 3 is 1.63 bits per heavy atom. The van der Waals surface area contributed by atoms with Gasteiger partial charge in [0.2, 0.25) is 7.59 Å². The number of alkyl halides is 6. The summed E-state index contributed by atoms with van der Waals surface area (Å²) in [4.78, 5) is 40.5. The molecule has 3 aromatic rings. The molecule has 2 aliphatic rings. The number of halogens is 6. The Hall–Kier alpha value is -3.21. The van der Waals surface area contributed by atoms with Gasteiger partial charge in [-0.15, -0.1) is 6.58 Å². The molecule has 0 aromatic heterocycles. The van der Waals surface area contributed by atoms with Gasteiger partial charge < -0.3 is 67.8 Å². The fraction of sp³-hybridized carbons (Fsp3) is 0.511. The van der Waals surface area contributed by atoms with Gasteiger partial charge >= 0.3 is 18.2 Å². The highest BCUT2D eigenvalue weighted by atomic mass is 35.6. The Morgan fingerprint density at radius 1 is 0.671 bits per heavy atom. The fourth-order valence-electron chi connectivity index (χ4n) is 7.20. The first-order chi connectivity index (χ1) is 33.4. The van der Waals surface area contributed by atoms with Gasteiger partial charge in [-0.1, -0.05) is 167 Å². The standard InChI is InChI=1S/C47H56Cl6N2O15/c1-4-21-63-42-36(55-45(59)66-28-47(51,52)53)40(67-29(3)41(57)62-5-2)38(34(69-42)26-61-23-31-17-11-7-12-18-31)70-43-35(54-44(58)65-27-46(48,49)50)39(64-24-32-19-13-8-14-20-32)37(56)33(68-43)25-60-22-30-15-9-6-10-16-30/h4,6-20,29,33-40,42-43,56H,1,5,21-28H2,2-3H3,(H,54,58)(H,55,59)/t29?,33-,34-,35-,36-,37-,38-,39-,40-,42+,43+/m1/s1. The minimum absolute atomic E-state index is 0.00433. The molecule has 2 aliphatic heterocycles. The van der Waals surface area contributed by atoms with Gasteiger partial charge in [-0.2, -0.15) is 0 Å². The third-order valence-corrected chi connectivity index (χ3v) is 11.0. The first-order valence-electron chi connectivity index (χ1n) is 22.0. The first kappa shape index (κ1) is 57.7. The molecule has 0 saturated carbocycles. The third kappa shape index (κ3) is 19.3. The SMILES string of the molecule is C=CCO[C@H]1O[C@H](COCc2ccccc2)[C@@H](O[C@@H]2O[C@H](COCc3ccccc3)[C@@H](O)[C@H](OCc3ccccc3)[C@H]2NC(=O)OCC(Cl)(Cl)Cl)[C@H](OC(C)C(=O)OCC)[C@H]1NC(=O)OCC(Cl)(Cl)Cl. The van der Waals surface area contributed by atoms with Crippen LogP contribution in [0.2, 0.25) is 0 Å². The Morgan fingerprint density at radius 2 is 1.14 bits per heavy atom. The lowest BCUT2D eigenvalue weighted by Gasteiger charge is -2.50. The maximum absolute atomic E-state index is 13.7. The van der Waals surface area contributed by atoms with Crippen molar-refractivity contribution >= 4 is 87.8 Å². The van der Waals surface area contributed by atoms with E-state index in [0.29, 0.717) is 5.56 Å². The van der Waals surface area contributed by atoms with Crippen molar-refractivity contribution in [2.24, 2.45) is 0 Å². The number of benzene rings is 3. The summed E-state index contributed by atoms with van der Waals surface area (Å²) in [6.07, 6.45) is -13.3. The molecule has 5 rings (SSSR count). The van der Waals surface area contributed by atoms with Gasteiger partial charge in [0.1, 0.15) is 61.9 Å². The largest absolute Gasteiger partial charge is 0.464 e. The molecule has 23 heteroatoms. The summed E-state index contributed by atoms with van der Waals surface area (Å²) in [5, 5.41) is 17.4. The molecular weight excluding hydrogens is 1050 g/mol. The fourth-order valence-corrected chi connectivity index (χ4v) is 7.53. The molecule has 3 N–H and O–H groups in total. The quantitative estimate of drug-likeness (QED) is 0.0342. The van der Waals surface area contributed by atoms with Crippen LogP contribution in [-0.2, 0) is 76.7 Å². The molecule has 0 spiro atoms. The number of rotatable bonds is 24. The van der Waals surface area contributed by atoms with Crippen LogP contribution in [0.3, 0.4) is 0 Å². The van der Waals surface area contributed by atoms with Gasteiger partial charge in [-0.05, 0) is 30.5 Å². The number of nitrogens with one attached hydrogen (secondary N) is 2. The number of alkyl carbamates (subject to hydrolysis) is 2. The normalized spacial score (nSPS) is 25.3. The zero-order valence-corrected chi connectivity index (χ0v) is 42.6. The van der Waals surface area contributed by atoms with E-state index in [9.17, 15) is 19.5 Å². The zero-order valence-electron chi connectivity index (χ0n) is 38.1. The second-order valence-electron chi connectivity index (χ2n) is 15.8. The van der Waals surface area contributed by atoms with E-state index in [-0.39, 0.29) is 46.2 Å². The molecule has 17 nitrogen and oxygen atoms in total. The van der Waals surface area contributed by atoms with E-state index in [1.165, 1.54) is 13.0 Å². The summed E-state index contributed by atoms with van der Waals surface area (Å²) in [7, 11) is 0. The topological polar surface area (TPSA) is 197 Å². The maximum atomic E-state index is 13.7. The van der Waals surface area contributed by atoms with Crippen LogP contribution in [0.5, 0.6) is 0 Å². The van der Waals surface area contributed by atoms with Crippen molar-refractivity contribution in [2.75, 3.05) is 39.6 Å². The average molecular weight is 1100 g/mol. The Bertz CT molecular complexity index is 2040. The molecular formula is C47H56Cl6N2O15. The molecule has 0 aliphatic carbocycles. The number of hydrogen-bond donors (Lipinski definition) is 3. The summed E-state index contributed by atoms with van der Waals surface area (Å²) in [5.41, 5.74) is 2.36. The van der Waals surface area contributed by atoms with E-state index in [1.807, 2.05) is 66.7 Å². The van der Waals surface area contributed by atoms with Crippen LogP contribution in [-0.4, -0.2) is 138 Å². The summed E-state index contributed by atoms with van der Waals surface area (Å²) in [6, 6.07) is 24.7. The van der Waals surface area contributed by atoms with Gasteiger partial charge in [0.15, 0.2) is 18.7 Å². The number of aliphatic hydroxyl groups is 1. The van der Waals surface area contributed by atoms with E-state index >= 15 is 0 Å². The lowest BCUT2D eigenvalue weighted by atomic mass is 9.94. The first-order valence-corrected chi connectivity index (χ1v) is 24.3. The highest BCUT2D eigenvalue weighted by Gasteiger charge is 2.55. The van der Waals surface area contributed by atoms with Gasteiger partial charge in [0, 0.05) is 0 Å². The van der Waals surface area contributed by atoms with Crippen LogP contribution in [0.25, 0.3) is 0 Å². The minimum Gasteiger partial charge on any atom is -0.464 e. The van der Waals surface area contributed by atoms with E-state index in [2.05, 4.69) is 17.2 Å². The smallest absolute Gasteiger partial charge is 0.407 e. The van der Waals surface area contributed by atoms with Crippen molar-refractivity contribution < 1.29 is 71.6 Å². The molecule has 11 atom stereocenters. The van der Waals surface area contributed by atoms with Crippen molar-refractivity contribution in [3.63, 3.8) is 0 Å². The summed E-state index contributed by atoms with van der Waals surface area (Å²) < 4.78 is 63.2. The molecule has 386 valence electrons. The lowest BCUT2D eigenvalue weighted by Crippen LogP contribution is -2.70. The molecule has 2 fully saturated rings. The predicted molar refractivity (Wildman–Crippen MR) is 260 cm³/mol. The molecule has 0 radical (unpaired) electrons. The number of carbonyl (C=O) groups is 3. The van der Waals surface area contributed by atoms with E-state index in [1.54, 1.807) is 31.2 Å². The van der Waals surface area contributed by atoms with Crippen molar-refractivity contribution in [1.29, 1.82) is 0 Å². The second-order valence-corrected chi connectivity index (χ2v) is 20.8. The highest BCUT2D eigenvalue weighted by molar-refractivity contribution is 6.68. The number of carbonyl (C=O) groups excluding carboxylic acids is 3. The van der Waals surface area contributed by atoms with Crippen molar-refractivity contribution in [1.82, 2.24) is 10.6 Å². The van der Waals surface area contributed by atoms with Gasteiger partial charge in [-0.25, -0.2) is 14.4 Å². The third-order valence-electron chi connectivity index (χ3n) is 10.3. The van der Waals surface area contributed by atoms with Crippen molar-refractivity contribution in [3.05, 3.63) is 120 Å². The average Bonchev–Trinajstić information content (AvgIpc) is 3.32. The number of ether oxygens (including phenoxy) is 11. The summed E-state index contributed by atoms with van der Waals surface area (Å²) in [6.45, 7) is 5.05. The van der Waals surface area contributed by atoms with Crippen LogP contribution < -0.4 is 10.6 Å². The Kier molecular flexibility index (Phi) is 23.8. The number of hydrogen-bond acceptors (Lipinski definition) is 15. The molecule has 2 saturated heterocycles. The van der Waals surface area contributed by atoms with Gasteiger partial charge in [0.25, 0.3) is 0 Å². The van der Waals surface area contributed by atoms with Crippen molar-refractivity contribution in [3.8, 4) is 0 Å². The molecule has 70 heavy (non-hydrogen) atoms. The monoisotopic (exact) mass is 1100 g/mol. The minimum atomic E-state index is -2.00.